The zero-order chi connectivity index (χ0) is 13.3. The number of carboxylic acids is 2. The van der Waals surface area contributed by atoms with E-state index in [1.54, 1.807) is 6.92 Å². The van der Waals surface area contributed by atoms with Gasteiger partial charge in [0.05, 0.1) is 0 Å². The lowest BCUT2D eigenvalue weighted by Gasteiger charge is -2.22. The molecule has 0 aliphatic rings. The third-order valence-corrected chi connectivity index (χ3v) is 3.38. The summed E-state index contributed by atoms with van der Waals surface area (Å²) in [6, 6.07) is 0. The van der Waals surface area contributed by atoms with Gasteiger partial charge < -0.3 is 10.2 Å². The predicted molar refractivity (Wildman–Crippen MR) is 66.0 cm³/mol. The Labute approximate surface area is 103 Å². The van der Waals surface area contributed by atoms with E-state index < -0.39 is 17.4 Å². The highest BCUT2D eigenvalue weighted by molar-refractivity contribution is 5.98. The summed E-state index contributed by atoms with van der Waals surface area (Å²) >= 11 is 0. The average Bonchev–Trinajstić information content (AvgIpc) is 2.27. The molecular weight excluding hydrogens is 220 g/mol. The van der Waals surface area contributed by atoms with Crippen molar-refractivity contribution in [2.75, 3.05) is 0 Å². The molecule has 0 bridgehead atoms. The molecule has 2 N–H and O–H groups in total. The van der Waals surface area contributed by atoms with E-state index in [1.807, 2.05) is 0 Å². The Morgan fingerprint density at radius 1 is 0.882 bits per heavy atom. The van der Waals surface area contributed by atoms with Crippen LogP contribution >= 0.6 is 0 Å². The number of carboxylic acid groups (broad SMARTS) is 2. The molecule has 0 aromatic carbocycles. The third kappa shape index (κ3) is 4.75. The molecule has 0 amide bonds. The minimum atomic E-state index is -1.58. The molecule has 100 valence electrons. The average molecular weight is 244 g/mol. The molecule has 0 heterocycles. The van der Waals surface area contributed by atoms with Gasteiger partial charge in [-0.2, -0.15) is 0 Å². The standard InChI is InChI=1S/C13H24O4/c1-3-5-6-7-8-9-10-13(4-2,11(14)15)12(16)17/h3-10H2,1-2H3,(H,14,15)(H,16,17). The molecular formula is C13H24O4. The molecule has 0 unspecified atom stereocenters. The Balaban J connectivity index is 4.10. The van der Waals surface area contributed by atoms with Gasteiger partial charge >= 0.3 is 11.9 Å². The Morgan fingerprint density at radius 2 is 1.35 bits per heavy atom. The molecule has 4 nitrogen and oxygen atoms in total. The van der Waals surface area contributed by atoms with E-state index in [-0.39, 0.29) is 12.8 Å². The molecule has 0 rings (SSSR count). The van der Waals surface area contributed by atoms with E-state index >= 15 is 0 Å². The molecule has 0 spiro atoms. The van der Waals surface area contributed by atoms with Gasteiger partial charge in [-0.1, -0.05) is 52.4 Å². The quantitative estimate of drug-likeness (QED) is 0.456. The van der Waals surface area contributed by atoms with Crippen LogP contribution in [0.3, 0.4) is 0 Å². The summed E-state index contributed by atoms with van der Waals surface area (Å²) in [5.41, 5.74) is -1.58. The first-order valence-electron chi connectivity index (χ1n) is 6.48. The minimum absolute atomic E-state index is 0.145. The maximum atomic E-state index is 11.1. The molecule has 0 aromatic rings. The molecule has 0 fully saturated rings. The maximum absolute atomic E-state index is 11.1. The van der Waals surface area contributed by atoms with Crippen molar-refractivity contribution in [1.29, 1.82) is 0 Å². The van der Waals surface area contributed by atoms with Gasteiger partial charge in [0.25, 0.3) is 0 Å². The van der Waals surface area contributed by atoms with Gasteiger partial charge in [-0.15, -0.1) is 0 Å². The molecule has 0 saturated heterocycles. The van der Waals surface area contributed by atoms with E-state index in [9.17, 15) is 9.59 Å². The van der Waals surface area contributed by atoms with Crippen LogP contribution in [0.15, 0.2) is 0 Å². The summed E-state index contributed by atoms with van der Waals surface area (Å²) in [4.78, 5) is 22.2. The number of unbranched alkanes of at least 4 members (excludes halogenated alkanes) is 5. The van der Waals surface area contributed by atoms with Crippen LogP contribution in [0.2, 0.25) is 0 Å². The Kier molecular flexibility index (Phi) is 7.59. The predicted octanol–water partition coefficient (Wildman–Crippen LogP) is 3.30. The van der Waals surface area contributed by atoms with Crippen LogP contribution in [0.4, 0.5) is 0 Å². The SMILES string of the molecule is CCCCCCCCC(CC)(C(=O)O)C(=O)O. The fourth-order valence-electron chi connectivity index (χ4n) is 1.99. The zero-order valence-corrected chi connectivity index (χ0v) is 10.9. The first kappa shape index (κ1) is 15.9. The van der Waals surface area contributed by atoms with Gasteiger partial charge in [0.15, 0.2) is 5.41 Å². The first-order chi connectivity index (χ1) is 8.01. The van der Waals surface area contributed by atoms with Crippen molar-refractivity contribution in [2.24, 2.45) is 5.41 Å². The van der Waals surface area contributed by atoms with Crippen molar-refractivity contribution in [3.63, 3.8) is 0 Å². The molecule has 17 heavy (non-hydrogen) atoms. The van der Waals surface area contributed by atoms with Crippen molar-refractivity contribution in [1.82, 2.24) is 0 Å². The summed E-state index contributed by atoms with van der Waals surface area (Å²) in [7, 11) is 0. The third-order valence-electron chi connectivity index (χ3n) is 3.38. The summed E-state index contributed by atoms with van der Waals surface area (Å²) < 4.78 is 0. The Hall–Kier alpha value is -1.06. The summed E-state index contributed by atoms with van der Waals surface area (Å²) in [5.74, 6) is -2.41. The highest BCUT2D eigenvalue weighted by atomic mass is 16.4. The van der Waals surface area contributed by atoms with Gasteiger partial charge in [0, 0.05) is 0 Å². The van der Waals surface area contributed by atoms with Gasteiger partial charge in [-0.3, -0.25) is 9.59 Å². The Bertz CT molecular complexity index is 234. The lowest BCUT2D eigenvalue weighted by molar-refractivity contribution is -0.165. The van der Waals surface area contributed by atoms with Crippen LogP contribution in [0.5, 0.6) is 0 Å². The van der Waals surface area contributed by atoms with Crippen molar-refractivity contribution < 1.29 is 19.8 Å². The summed E-state index contributed by atoms with van der Waals surface area (Å²) in [6.07, 6.45) is 6.55. The normalized spacial score (nSPS) is 11.4. The molecule has 0 radical (unpaired) electrons. The molecule has 0 atom stereocenters. The summed E-state index contributed by atoms with van der Waals surface area (Å²) in [6.45, 7) is 3.76. The van der Waals surface area contributed by atoms with E-state index in [2.05, 4.69) is 6.92 Å². The topological polar surface area (TPSA) is 74.6 Å². The molecule has 0 saturated carbocycles. The van der Waals surface area contributed by atoms with E-state index in [1.165, 1.54) is 12.8 Å². The van der Waals surface area contributed by atoms with Gasteiger partial charge in [-0.05, 0) is 12.8 Å². The van der Waals surface area contributed by atoms with Gasteiger partial charge in [0.2, 0.25) is 0 Å². The number of carbonyl (C=O) groups is 2. The van der Waals surface area contributed by atoms with Crippen LogP contribution in [0, 0.1) is 5.41 Å². The molecule has 4 heteroatoms. The molecule has 0 aliphatic carbocycles. The number of hydrogen-bond donors (Lipinski definition) is 2. The monoisotopic (exact) mass is 244 g/mol. The van der Waals surface area contributed by atoms with Crippen molar-refractivity contribution >= 4 is 11.9 Å². The van der Waals surface area contributed by atoms with Crippen molar-refractivity contribution in [3.05, 3.63) is 0 Å². The largest absolute Gasteiger partial charge is 0.480 e. The second kappa shape index (κ2) is 8.09. The second-order valence-electron chi connectivity index (χ2n) is 4.56. The Morgan fingerprint density at radius 3 is 1.76 bits per heavy atom. The summed E-state index contributed by atoms with van der Waals surface area (Å²) in [5, 5.41) is 18.1. The van der Waals surface area contributed by atoms with Crippen LogP contribution < -0.4 is 0 Å². The number of hydrogen-bond acceptors (Lipinski definition) is 2. The van der Waals surface area contributed by atoms with Crippen LogP contribution in [0.25, 0.3) is 0 Å². The fraction of sp³-hybridized carbons (Fsp3) is 0.846. The van der Waals surface area contributed by atoms with Crippen molar-refractivity contribution in [3.8, 4) is 0 Å². The van der Waals surface area contributed by atoms with Gasteiger partial charge in [-0.25, -0.2) is 0 Å². The molecule has 0 aromatic heterocycles. The smallest absolute Gasteiger partial charge is 0.321 e. The number of rotatable bonds is 10. The van der Waals surface area contributed by atoms with E-state index in [0.29, 0.717) is 6.42 Å². The number of aliphatic carboxylic acids is 2. The first-order valence-corrected chi connectivity index (χ1v) is 6.48. The highest BCUT2D eigenvalue weighted by Crippen LogP contribution is 2.30. The van der Waals surface area contributed by atoms with Crippen LogP contribution in [-0.4, -0.2) is 22.2 Å². The fourth-order valence-corrected chi connectivity index (χ4v) is 1.99. The van der Waals surface area contributed by atoms with Crippen molar-refractivity contribution in [2.45, 2.75) is 65.2 Å². The van der Waals surface area contributed by atoms with Crippen LogP contribution in [-0.2, 0) is 9.59 Å². The lowest BCUT2D eigenvalue weighted by atomic mass is 9.80. The minimum Gasteiger partial charge on any atom is -0.480 e. The van der Waals surface area contributed by atoms with E-state index in [0.717, 1.165) is 19.3 Å². The molecule has 0 aliphatic heterocycles. The van der Waals surface area contributed by atoms with Crippen LogP contribution in [0.1, 0.15) is 65.2 Å². The maximum Gasteiger partial charge on any atom is 0.321 e. The second-order valence-corrected chi connectivity index (χ2v) is 4.56. The zero-order valence-electron chi connectivity index (χ0n) is 10.9. The van der Waals surface area contributed by atoms with E-state index in [4.69, 9.17) is 10.2 Å². The highest BCUT2D eigenvalue weighted by Gasteiger charge is 2.44. The lowest BCUT2D eigenvalue weighted by Crippen LogP contribution is -2.38. The van der Waals surface area contributed by atoms with Gasteiger partial charge in [0.1, 0.15) is 0 Å².